The normalized spacial score (nSPS) is 12.7. The number of carbonyl (C=O) groups is 9. The van der Waals surface area contributed by atoms with Gasteiger partial charge in [-0.3, -0.25) is 38.4 Å². The maximum absolute atomic E-state index is 11.5. The summed E-state index contributed by atoms with van der Waals surface area (Å²) in [4.78, 5) is 98.8. The number of esters is 9. The summed E-state index contributed by atoms with van der Waals surface area (Å²) in [5.74, 6) is -3.08. The second-order valence-corrected chi connectivity index (χ2v) is 17.1. The first-order valence-electron chi connectivity index (χ1n) is 23.0. The Hall–Kier alpha value is -6.47. The molecule has 396 valence electrons. The van der Waals surface area contributed by atoms with Crippen LogP contribution in [0.5, 0.6) is 0 Å². The molecule has 1 aromatic rings. The lowest BCUT2D eigenvalue weighted by molar-refractivity contribution is -0.174. The molecule has 0 aromatic heterocycles. The van der Waals surface area contributed by atoms with Gasteiger partial charge < -0.3 is 52.1 Å². The van der Waals surface area contributed by atoms with Gasteiger partial charge in [-0.1, -0.05) is 121 Å². The second-order valence-electron chi connectivity index (χ2n) is 17.1. The van der Waals surface area contributed by atoms with Crippen LogP contribution in [0.2, 0.25) is 0 Å². The average molecular weight is 997 g/mol. The van der Waals surface area contributed by atoms with E-state index in [0.717, 1.165) is 25.7 Å². The molecule has 1 aliphatic carbocycles. The lowest BCUT2D eigenvalue weighted by Gasteiger charge is -2.19. The van der Waals surface area contributed by atoms with Gasteiger partial charge in [-0.25, -0.2) is 4.79 Å². The summed E-state index contributed by atoms with van der Waals surface area (Å²) in [5, 5.41) is 0. The van der Waals surface area contributed by atoms with Crippen molar-refractivity contribution in [2.24, 2.45) is 41.4 Å². The highest BCUT2D eigenvalue weighted by molar-refractivity contribution is 5.89. The van der Waals surface area contributed by atoms with Crippen LogP contribution >= 0.6 is 0 Å². The summed E-state index contributed by atoms with van der Waals surface area (Å²) in [6.07, 6.45) is 5.18. The molecule has 1 saturated carbocycles. The molecule has 0 unspecified atom stereocenters. The Morgan fingerprint density at radius 3 is 1.21 bits per heavy atom. The first-order valence-corrected chi connectivity index (χ1v) is 23.0. The zero-order chi connectivity index (χ0) is 53.9. The van der Waals surface area contributed by atoms with Crippen LogP contribution in [-0.4, -0.2) is 87.5 Å². The van der Waals surface area contributed by atoms with Crippen molar-refractivity contribution in [1.29, 1.82) is 0 Å². The first-order chi connectivity index (χ1) is 32.7. The van der Waals surface area contributed by atoms with Crippen molar-refractivity contribution in [3.05, 3.63) is 59.9 Å². The van der Waals surface area contributed by atoms with Crippen LogP contribution in [0.4, 0.5) is 0 Å². The van der Waals surface area contributed by atoms with Gasteiger partial charge in [-0.05, 0) is 38.5 Å². The average Bonchev–Trinajstić information content (AvgIpc) is 3.64. The Morgan fingerprint density at radius 2 is 0.857 bits per heavy atom. The van der Waals surface area contributed by atoms with Gasteiger partial charge in [0.25, 0.3) is 5.95 Å². The number of rotatable bonds is 18. The van der Waals surface area contributed by atoms with Crippen LogP contribution in [0, 0.1) is 41.4 Å². The number of ether oxygens (including phenoxy) is 11. The van der Waals surface area contributed by atoms with Gasteiger partial charge >= 0.3 is 53.7 Å². The van der Waals surface area contributed by atoms with E-state index in [9.17, 15) is 43.2 Å². The quantitative estimate of drug-likeness (QED) is 0.0762. The summed E-state index contributed by atoms with van der Waals surface area (Å²) in [6, 6.07) is 8.53. The molecular weight excluding hydrogens is 921 g/mol. The number of carbonyl (C=O) groups excluding carboxylic acids is 9. The predicted molar refractivity (Wildman–Crippen MR) is 250 cm³/mol. The molecule has 2 aliphatic rings. The fourth-order valence-electron chi connectivity index (χ4n) is 4.44. The van der Waals surface area contributed by atoms with Gasteiger partial charge in [0.15, 0.2) is 12.4 Å². The van der Waals surface area contributed by atoms with Gasteiger partial charge in [0.05, 0.1) is 47.0 Å². The van der Waals surface area contributed by atoms with E-state index in [0.29, 0.717) is 17.1 Å². The van der Waals surface area contributed by atoms with E-state index in [1.165, 1.54) is 13.3 Å². The minimum atomic E-state index is -0.503. The number of benzene rings is 1. The summed E-state index contributed by atoms with van der Waals surface area (Å²) in [6.45, 7) is 26.1. The van der Waals surface area contributed by atoms with Gasteiger partial charge in [0, 0.05) is 6.92 Å². The number of hydrogen-bond donors (Lipinski definition) is 0. The lowest BCUT2D eigenvalue weighted by Crippen LogP contribution is -2.23. The maximum atomic E-state index is 11.5. The molecule has 0 atom stereocenters. The summed E-state index contributed by atoms with van der Waals surface area (Å²) in [7, 11) is 0. The van der Waals surface area contributed by atoms with E-state index >= 15 is 0 Å². The molecule has 3 rings (SSSR count). The molecule has 1 aromatic carbocycles. The van der Waals surface area contributed by atoms with E-state index in [4.69, 9.17) is 33.2 Å². The van der Waals surface area contributed by atoms with E-state index in [1.807, 2.05) is 0 Å². The largest absolute Gasteiger partial charge is 0.457 e. The number of allylic oxidation sites excluding steroid dienone is 1. The molecular formula is C50H76O20. The molecule has 0 saturated heterocycles. The monoisotopic (exact) mass is 996 g/mol. The van der Waals surface area contributed by atoms with Crippen molar-refractivity contribution >= 4 is 53.7 Å². The zero-order valence-corrected chi connectivity index (χ0v) is 43.4. The third-order valence-corrected chi connectivity index (χ3v) is 8.68. The minimum absolute atomic E-state index is 0.00602. The van der Waals surface area contributed by atoms with Crippen molar-refractivity contribution in [1.82, 2.24) is 0 Å². The standard InChI is InChI=1S/C12H20O4.C12H14O4.C10H14O4.C9H16O4.C7H12O4/c2*1-9(2)11(13)15-8-16-12(14)10-6-4-3-5-7-10;1-6(2)10(11)12-5-9-7(3)13-8(4)14-9;1-6(2)8(10)12-5-13-9(11)7(3)4;1-5(2)7(9)11-4-10-6(3)8/h9-10H,3-8H2,1-2H3;3-7,9H,8H2,1-2H3;6H,4-5H2,1-3H3;6-7H,5H2,1-4H3;5H,4H2,1-3H3. The molecule has 1 heterocycles. The topological polar surface area (TPSA) is 255 Å². The van der Waals surface area contributed by atoms with Crippen molar-refractivity contribution in [2.45, 2.75) is 129 Å². The molecule has 1 fully saturated rings. The van der Waals surface area contributed by atoms with Crippen molar-refractivity contribution in [2.75, 3.05) is 33.8 Å². The van der Waals surface area contributed by atoms with E-state index in [1.54, 1.807) is 120 Å². The van der Waals surface area contributed by atoms with Gasteiger partial charge in [-0.15, -0.1) is 0 Å². The van der Waals surface area contributed by atoms with Crippen LogP contribution in [0.3, 0.4) is 0 Å². The zero-order valence-electron chi connectivity index (χ0n) is 43.4. The molecule has 20 nitrogen and oxygen atoms in total. The Kier molecular flexibility index (Phi) is 35.1. The highest BCUT2D eigenvalue weighted by Gasteiger charge is 2.23. The fourth-order valence-corrected chi connectivity index (χ4v) is 4.44. The fraction of sp³-hybridized carbons (Fsp3) is 0.620. The number of hydrogen-bond acceptors (Lipinski definition) is 20. The maximum Gasteiger partial charge on any atom is 0.340 e. The van der Waals surface area contributed by atoms with E-state index in [-0.39, 0.29) is 123 Å². The predicted octanol–water partition coefficient (Wildman–Crippen LogP) is 8.25. The van der Waals surface area contributed by atoms with E-state index < -0.39 is 11.9 Å². The molecule has 0 bridgehead atoms. The summed E-state index contributed by atoms with van der Waals surface area (Å²) >= 11 is 0. The van der Waals surface area contributed by atoms with Crippen LogP contribution in [-0.2, 0) is 90.5 Å². The third kappa shape index (κ3) is 33.1. The molecule has 0 N–H and O–H groups in total. The van der Waals surface area contributed by atoms with Crippen molar-refractivity contribution in [3.8, 4) is 0 Å². The van der Waals surface area contributed by atoms with Crippen LogP contribution in [0.15, 0.2) is 54.4 Å². The Labute approximate surface area is 412 Å². The Morgan fingerprint density at radius 1 is 0.500 bits per heavy atom. The molecule has 0 spiro atoms. The van der Waals surface area contributed by atoms with Crippen LogP contribution < -0.4 is 0 Å². The first kappa shape index (κ1) is 65.6. The second kappa shape index (κ2) is 37.4. The van der Waals surface area contributed by atoms with Gasteiger partial charge in [0.1, 0.15) is 5.76 Å². The molecule has 0 amide bonds. The highest BCUT2D eigenvalue weighted by Crippen LogP contribution is 2.25. The third-order valence-electron chi connectivity index (χ3n) is 8.68. The smallest absolute Gasteiger partial charge is 0.340 e. The summed E-state index contributed by atoms with van der Waals surface area (Å²) < 4.78 is 52.5. The van der Waals surface area contributed by atoms with E-state index in [2.05, 4.69) is 25.5 Å². The lowest BCUT2D eigenvalue weighted by atomic mass is 9.89. The van der Waals surface area contributed by atoms with Crippen molar-refractivity contribution in [3.63, 3.8) is 0 Å². The Bertz CT molecular complexity index is 1800. The summed E-state index contributed by atoms with van der Waals surface area (Å²) in [5.41, 5.74) is 0.433. The minimum Gasteiger partial charge on any atom is -0.457 e. The van der Waals surface area contributed by atoms with Crippen LogP contribution in [0.1, 0.15) is 139 Å². The highest BCUT2D eigenvalue weighted by atomic mass is 16.7. The molecule has 70 heavy (non-hydrogen) atoms. The molecule has 0 radical (unpaired) electrons. The van der Waals surface area contributed by atoms with Crippen molar-refractivity contribution < 1.29 is 95.3 Å². The Balaban J connectivity index is 0. The molecule has 20 heteroatoms. The van der Waals surface area contributed by atoms with Gasteiger partial charge in [-0.2, -0.15) is 0 Å². The SMILES string of the molecule is C=C1OC(C)=C(COC(=O)C(C)C)O1.CC(=O)OCOC(=O)C(C)C.CC(C)C(=O)OCOC(=O)C(C)C.CC(C)C(=O)OCOC(=O)C1CCCCC1.CC(C)C(=O)OCOC(=O)c1ccccc1. The van der Waals surface area contributed by atoms with Crippen LogP contribution in [0.25, 0.3) is 0 Å². The van der Waals surface area contributed by atoms with Gasteiger partial charge in [0.2, 0.25) is 27.2 Å². The molecule has 1 aliphatic heterocycles.